The second kappa shape index (κ2) is 7.95. The summed E-state index contributed by atoms with van der Waals surface area (Å²) < 4.78 is 28.2. The number of aromatic nitrogens is 1. The number of benzene rings is 1. The lowest BCUT2D eigenvalue weighted by atomic mass is 9.94. The third-order valence-electron chi connectivity index (χ3n) is 5.20. The van der Waals surface area contributed by atoms with Crippen molar-refractivity contribution in [3.8, 4) is 0 Å². The minimum Gasteiger partial charge on any atom is -0.357 e. The first-order valence-corrected chi connectivity index (χ1v) is 9.98. The van der Waals surface area contributed by atoms with E-state index in [0.29, 0.717) is 24.8 Å². The monoisotopic (exact) mass is 448 g/mol. The van der Waals surface area contributed by atoms with Crippen molar-refractivity contribution in [1.29, 1.82) is 0 Å². The molecule has 1 saturated heterocycles. The van der Waals surface area contributed by atoms with Gasteiger partial charge < -0.3 is 4.90 Å². The van der Waals surface area contributed by atoms with Crippen LogP contribution in [-0.4, -0.2) is 35.2 Å². The molecule has 1 aromatic carbocycles. The van der Waals surface area contributed by atoms with Gasteiger partial charge in [0.25, 0.3) is 0 Å². The maximum Gasteiger partial charge on any atom is 0.246 e. The van der Waals surface area contributed by atoms with Gasteiger partial charge in [-0.05, 0) is 42.7 Å². The van der Waals surface area contributed by atoms with E-state index in [1.165, 1.54) is 17.1 Å². The maximum atomic E-state index is 13.6. The molecule has 0 bridgehead atoms. The molecule has 8 heteroatoms. The van der Waals surface area contributed by atoms with Crippen molar-refractivity contribution in [2.24, 2.45) is 11.0 Å². The standard InChI is InChI=1S/C20H19BrF2N4O/c21-15-1-5-24-19(11-15)26-7-3-13(4-8-26)20(28)27-18(2-6-25-27)14-9-16(22)12-17(23)10-14/h1,5-6,9-13,18H,2-4,7-8H2. The van der Waals surface area contributed by atoms with Gasteiger partial charge in [0.05, 0.1) is 6.04 Å². The van der Waals surface area contributed by atoms with Gasteiger partial charge in [-0.2, -0.15) is 5.10 Å². The third kappa shape index (κ3) is 3.92. The molecule has 28 heavy (non-hydrogen) atoms. The Morgan fingerprint density at radius 1 is 1.11 bits per heavy atom. The number of anilines is 1. The number of hydrazone groups is 1. The lowest BCUT2D eigenvalue weighted by Crippen LogP contribution is -2.41. The van der Waals surface area contributed by atoms with Crippen molar-refractivity contribution in [2.75, 3.05) is 18.0 Å². The molecule has 146 valence electrons. The number of amides is 1. The molecule has 1 amide bonds. The topological polar surface area (TPSA) is 48.8 Å². The Morgan fingerprint density at radius 3 is 2.50 bits per heavy atom. The first kappa shape index (κ1) is 19.0. The van der Waals surface area contributed by atoms with Gasteiger partial charge in [-0.15, -0.1) is 0 Å². The number of carbonyl (C=O) groups excluding carboxylic acids is 1. The van der Waals surface area contributed by atoms with Crippen molar-refractivity contribution >= 4 is 33.9 Å². The Labute approximate surface area is 170 Å². The summed E-state index contributed by atoms with van der Waals surface area (Å²) >= 11 is 3.45. The average Bonchev–Trinajstić information content (AvgIpc) is 3.17. The number of halogens is 3. The summed E-state index contributed by atoms with van der Waals surface area (Å²) in [6.07, 6.45) is 5.20. The van der Waals surface area contributed by atoms with E-state index in [-0.39, 0.29) is 11.8 Å². The normalized spacial score (nSPS) is 20.0. The molecular weight excluding hydrogens is 430 g/mol. The van der Waals surface area contributed by atoms with Crippen molar-refractivity contribution in [1.82, 2.24) is 9.99 Å². The molecular formula is C20H19BrF2N4O. The van der Waals surface area contributed by atoms with E-state index in [1.807, 2.05) is 12.1 Å². The van der Waals surface area contributed by atoms with Crippen LogP contribution in [0.5, 0.6) is 0 Å². The molecule has 1 atom stereocenters. The minimum atomic E-state index is -0.649. The number of carbonyl (C=O) groups is 1. The summed E-state index contributed by atoms with van der Waals surface area (Å²) in [6, 6.07) is 6.75. The second-order valence-electron chi connectivity index (χ2n) is 7.03. The largest absolute Gasteiger partial charge is 0.357 e. The molecule has 0 N–H and O–H groups in total. The summed E-state index contributed by atoms with van der Waals surface area (Å²) in [4.78, 5) is 19.6. The van der Waals surface area contributed by atoms with Crippen LogP contribution in [0.2, 0.25) is 0 Å². The highest BCUT2D eigenvalue weighted by Gasteiger charge is 2.35. The lowest BCUT2D eigenvalue weighted by molar-refractivity contribution is -0.138. The highest BCUT2D eigenvalue weighted by molar-refractivity contribution is 9.10. The molecule has 1 fully saturated rings. The zero-order valence-electron chi connectivity index (χ0n) is 15.1. The summed E-state index contributed by atoms with van der Waals surface area (Å²) in [5, 5.41) is 5.59. The van der Waals surface area contributed by atoms with Gasteiger partial charge in [-0.25, -0.2) is 18.8 Å². The SMILES string of the molecule is O=C(C1CCN(c2cc(Br)ccn2)CC1)N1N=CCC1c1cc(F)cc(F)c1. The summed E-state index contributed by atoms with van der Waals surface area (Å²) in [5.74, 6) is -0.675. The molecule has 3 heterocycles. The van der Waals surface area contributed by atoms with E-state index >= 15 is 0 Å². The van der Waals surface area contributed by atoms with Gasteiger partial charge in [0, 0.05) is 48.4 Å². The fourth-order valence-electron chi connectivity index (χ4n) is 3.78. The molecule has 0 radical (unpaired) electrons. The minimum absolute atomic E-state index is 0.0923. The fourth-order valence-corrected chi connectivity index (χ4v) is 4.10. The smallest absolute Gasteiger partial charge is 0.246 e. The van der Waals surface area contributed by atoms with Gasteiger partial charge in [0.1, 0.15) is 17.5 Å². The van der Waals surface area contributed by atoms with E-state index in [0.717, 1.165) is 29.4 Å². The van der Waals surface area contributed by atoms with Gasteiger partial charge in [0.2, 0.25) is 5.91 Å². The maximum absolute atomic E-state index is 13.6. The Morgan fingerprint density at radius 2 is 1.82 bits per heavy atom. The van der Waals surface area contributed by atoms with Crippen LogP contribution in [0.1, 0.15) is 30.9 Å². The van der Waals surface area contributed by atoms with E-state index in [9.17, 15) is 13.6 Å². The predicted molar refractivity (Wildman–Crippen MR) is 106 cm³/mol. The Balaban J connectivity index is 1.44. The van der Waals surface area contributed by atoms with Gasteiger partial charge in [0.15, 0.2) is 0 Å². The van der Waals surface area contributed by atoms with Crippen LogP contribution >= 0.6 is 15.9 Å². The number of nitrogens with zero attached hydrogens (tertiary/aromatic N) is 4. The highest BCUT2D eigenvalue weighted by atomic mass is 79.9. The molecule has 0 aliphatic carbocycles. The predicted octanol–water partition coefficient (Wildman–Crippen LogP) is 4.30. The van der Waals surface area contributed by atoms with E-state index in [4.69, 9.17) is 0 Å². The van der Waals surface area contributed by atoms with Crippen molar-refractivity contribution in [3.63, 3.8) is 0 Å². The van der Waals surface area contributed by atoms with Crippen molar-refractivity contribution < 1.29 is 13.6 Å². The Hall–Kier alpha value is -2.35. The van der Waals surface area contributed by atoms with Crippen LogP contribution in [-0.2, 0) is 4.79 Å². The zero-order chi connectivity index (χ0) is 19.7. The molecule has 2 aromatic rings. The van der Waals surface area contributed by atoms with E-state index in [2.05, 4.69) is 30.9 Å². The fraction of sp³-hybridized carbons (Fsp3) is 0.350. The molecule has 0 spiro atoms. The molecule has 0 saturated carbocycles. The van der Waals surface area contributed by atoms with Crippen LogP contribution in [0.3, 0.4) is 0 Å². The third-order valence-corrected chi connectivity index (χ3v) is 5.69. The summed E-state index contributed by atoms with van der Waals surface area (Å²) in [7, 11) is 0. The number of rotatable bonds is 3. The zero-order valence-corrected chi connectivity index (χ0v) is 16.6. The van der Waals surface area contributed by atoms with Gasteiger partial charge in [-0.1, -0.05) is 15.9 Å². The average molecular weight is 449 g/mol. The van der Waals surface area contributed by atoms with Gasteiger partial charge in [-0.3, -0.25) is 4.79 Å². The number of pyridine rings is 1. The van der Waals surface area contributed by atoms with Crippen LogP contribution in [0, 0.1) is 17.6 Å². The number of hydrogen-bond acceptors (Lipinski definition) is 4. The number of hydrogen-bond donors (Lipinski definition) is 0. The van der Waals surface area contributed by atoms with Crippen LogP contribution in [0.15, 0.2) is 46.1 Å². The van der Waals surface area contributed by atoms with Crippen LogP contribution in [0.4, 0.5) is 14.6 Å². The summed E-state index contributed by atoms with van der Waals surface area (Å²) in [5.41, 5.74) is 0.430. The Bertz CT molecular complexity index is 895. The number of piperidine rings is 1. The second-order valence-corrected chi connectivity index (χ2v) is 7.94. The highest BCUT2D eigenvalue weighted by Crippen LogP contribution is 2.33. The molecule has 2 aliphatic rings. The van der Waals surface area contributed by atoms with Gasteiger partial charge >= 0.3 is 0 Å². The molecule has 1 aromatic heterocycles. The molecule has 4 rings (SSSR count). The van der Waals surface area contributed by atoms with Crippen molar-refractivity contribution in [2.45, 2.75) is 25.3 Å². The van der Waals surface area contributed by atoms with E-state index in [1.54, 1.807) is 12.4 Å². The first-order valence-electron chi connectivity index (χ1n) is 9.19. The van der Waals surface area contributed by atoms with Crippen molar-refractivity contribution in [3.05, 3.63) is 58.2 Å². The molecule has 1 unspecified atom stereocenters. The lowest BCUT2D eigenvalue weighted by Gasteiger charge is -2.34. The van der Waals surface area contributed by atoms with E-state index < -0.39 is 17.7 Å². The van der Waals surface area contributed by atoms with Crippen LogP contribution in [0.25, 0.3) is 0 Å². The Kier molecular flexibility index (Phi) is 5.39. The quantitative estimate of drug-likeness (QED) is 0.703. The summed E-state index contributed by atoms with van der Waals surface area (Å²) in [6.45, 7) is 1.44. The molecule has 2 aliphatic heterocycles. The van der Waals surface area contributed by atoms with Crippen LogP contribution < -0.4 is 4.90 Å². The first-order chi connectivity index (χ1) is 13.5. The molecule has 5 nitrogen and oxygen atoms in total.